The van der Waals surface area contributed by atoms with Gasteiger partial charge < -0.3 is 15.1 Å². The van der Waals surface area contributed by atoms with Crippen LogP contribution in [-0.2, 0) is 42.7 Å². The molecule has 0 bridgehead atoms. The molecule has 6 nitrogen and oxygen atoms in total. The Hall–Kier alpha value is -7.49. The molecule has 0 spiro atoms. The Morgan fingerprint density at radius 1 is 0.429 bits per heavy atom. The van der Waals surface area contributed by atoms with Crippen LogP contribution >= 0.6 is 0 Å². The van der Waals surface area contributed by atoms with Crippen molar-refractivity contribution in [1.29, 1.82) is 0 Å². The zero-order valence-electron chi connectivity index (χ0n) is 45.1. The van der Waals surface area contributed by atoms with E-state index in [2.05, 4.69) is 168 Å². The fourth-order valence-corrected chi connectivity index (χ4v) is 13.1. The van der Waals surface area contributed by atoms with Crippen LogP contribution in [-0.4, -0.2) is 25.6 Å². The zero-order chi connectivity index (χ0) is 52.5. The van der Waals surface area contributed by atoms with E-state index in [0.717, 1.165) is 121 Å². The van der Waals surface area contributed by atoms with E-state index in [9.17, 15) is 10.2 Å². The van der Waals surface area contributed by atoms with Gasteiger partial charge in [-0.2, -0.15) is 0 Å². The third-order valence-electron chi connectivity index (χ3n) is 17.8. The monoisotopic (exact) mass is 1190 g/mol. The van der Waals surface area contributed by atoms with Crippen LogP contribution < -0.4 is 4.90 Å². The molecule has 7 heteroatoms. The molecule has 0 fully saturated rings. The minimum Gasteiger partial charge on any atom is -0.507 e. The summed E-state index contributed by atoms with van der Waals surface area (Å²) in [5.74, 6) is 4.47. The van der Waals surface area contributed by atoms with Gasteiger partial charge in [-0.05, 0) is 210 Å². The van der Waals surface area contributed by atoms with Crippen molar-refractivity contribution in [2.45, 2.75) is 109 Å². The maximum atomic E-state index is 12.0. The maximum absolute atomic E-state index is 12.0. The number of aliphatic imine (C=N–C) groups is 1. The fraction of sp³-hybridized carbons (Fsp3) is 0.243. The van der Waals surface area contributed by atoms with Crippen LogP contribution in [0.4, 0.5) is 5.69 Å². The number of aromatic hydroxyl groups is 2. The molecule has 1 aromatic heterocycles. The maximum Gasteiger partial charge on any atom is 0.161 e. The third kappa shape index (κ3) is 8.18. The van der Waals surface area contributed by atoms with Gasteiger partial charge >= 0.3 is 0 Å². The van der Waals surface area contributed by atoms with Crippen LogP contribution in [0.3, 0.4) is 0 Å². The second-order valence-electron chi connectivity index (χ2n) is 24.3. The molecule has 3 aliphatic carbocycles. The van der Waals surface area contributed by atoms with Gasteiger partial charge in [0.2, 0.25) is 0 Å². The fourth-order valence-electron chi connectivity index (χ4n) is 13.1. The number of phenolic OH excluding ortho intramolecular Hbond substituents is 2. The zero-order valence-corrected chi connectivity index (χ0v) is 47.4. The molecule has 13 rings (SSSR count). The van der Waals surface area contributed by atoms with E-state index in [1.165, 1.54) is 22.3 Å². The molecule has 0 saturated heterocycles. The molecule has 1 atom stereocenters. The third-order valence-corrected chi connectivity index (χ3v) is 17.8. The number of fused-ring (bicyclic) bond motifs is 10. The molecular weight excluding hydrogens is 1120 g/mol. The van der Waals surface area contributed by atoms with Gasteiger partial charge in [0, 0.05) is 73.0 Å². The van der Waals surface area contributed by atoms with Crippen LogP contribution in [0.25, 0.3) is 83.8 Å². The van der Waals surface area contributed by atoms with Crippen LogP contribution in [0.1, 0.15) is 115 Å². The molecular formula is C70H64N4O2Pt. The first-order chi connectivity index (χ1) is 36.5. The van der Waals surface area contributed by atoms with Crippen molar-refractivity contribution in [3.63, 3.8) is 0 Å². The second-order valence-corrected chi connectivity index (χ2v) is 24.3. The van der Waals surface area contributed by atoms with Crippen molar-refractivity contribution in [3.05, 3.63) is 204 Å². The van der Waals surface area contributed by atoms with Gasteiger partial charge in [0.25, 0.3) is 0 Å². The number of anilines is 1. The Labute approximate surface area is 467 Å². The molecule has 77 heavy (non-hydrogen) atoms. The topological polar surface area (TPSA) is 73.9 Å². The Morgan fingerprint density at radius 2 is 0.805 bits per heavy atom. The van der Waals surface area contributed by atoms with Crippen LogP contribution in [0.2, 0.25) is 0 Å². The Kier molecular flexibility index (Phi) is 12.0. The van der Waals surface area contributed by atoms with Gasteiger partial charge in [0.05, 0.1) is 6.20 Å². The minimum absolute atomic E-state index is 0. The molecule has 8 aromatic carbocycles. The molecule has 0 radical (unpaired) electrons. The summed E-state index contributed by atoms with van der Waals surface area (Å²) in [5.41, 5.74) is 21.2. The molecule has 2 N–H and O–H groups in total. The number of hydrogen-bond acceptors (Lipinski definition) is 5. The summed E-state index contributed by atoms with van der Waals surface area (Å²) in [5, 5.41) is 24.0. The van der Waals surface area contributed by atoms with Crippen LogP contribution in [0, 0.1) is 0 Å². The van der Waals surface area contributed by atoms with Crippen molar-refractivity contribution in [2.24, 2.45) is 4.99 Å². The molecule has 1 unspecified atom stereocenters. The molecule has 0 amide bonds. The number of imidazole rings is 1. The molecule has 0 saturated carbocycles. The number of hydrogen-bond donors (Lipinski definition) is 2. The summed E-state index contributed by atoms with van der Waals surface area (Å²) in [4.78, 5) is 12.5. The summed E-state index contributed by atoms with van der Waals surface area (Å²) < 4.78 is 2.16. The first kappa shape index (κ1) is 50.3. The molecule has 2 heterocycles. The Bertz CT molecular complexity index is 3890. The van der Waals surface area contributed by atoms with Crippen molar-refractivity contribution >= 4 is 11.6 Å². The van der Waals surface area contributed by atoms with E-state index < -0.39 is 6.17 Å². The molecule has 4 aliphatic rings. The van der Waals surface area contributed by atoms with Gasteiger partial charge in [-0.1, -0.05) is 128 Å². The molecule has 1 aliphatic heterocycles. The second kappa shape index (κ2) is 18.3. The van der Waals surface area contributed by atoms with Gasteiger partial charge in [-0.3, -0.25) is 4.57 Å². The summed E-state index contributed by atoms with van der Waals surface area (Å²) in [7, 11) is 0. The Morgan fingerprint density at radius 3 is 1.29 bits per heavy atom. The SMILES string of the molecule is CC1(C)CCC(C)(C)c2cc3c(cc21)-c1cc(-c2ccccc2O)c(-c2nccn2-c2ccccc2)cc1-c1cc2c(cc1-c1cc(-c4ccccc4O)c(C4N=C=CN4c4ccccc4)cc1-3)C(C)(C)CCC2(C)C.[Pt]. The van der Waals surface area contributed by atoms with Crippen LogP contribution in [0.5, 0.6) is 11.5 Å². The standard InChI is InChI=1S/C70H64N4O2.Pt/c1-67(2)27-29-69(5,6)61-41-55-52-38-58(66-72-32-34-74(66)44-21-13-10-14-22-44)48(46-24-16-18-26-64(46)76)36-50(52)54-40-60-62(70(7,8)30-28-68(60,3)4)42-56(54)51-37-57(65-71-31-33-73(65)43-19-11-9-12-20-43)47(45-23-15-17-25-63(45)75)35-49(51)53(55)39-59(61)67;/h9-26,31,33-42,66,75-76H,27-30H2,1-8H3;. The average Bonchev–Trinajstić information content (AvgIpc) is 4.26. The predicted molar refractivity (Wildman–Crippen MR) is 313 cm³/mol. The van der Waals surface area contributed by atoms with Gasteiger partial charge in [0.1, 0.15) is 17.3 Å². The van der Waals surface area contributed by atoms with Gasteiger partial charge in [-0.25, -0.2) is 9.98 Å². The molecule has 9 aromatic rings. The first-order valence-electron chi connectivity index (χ1n) is 27.0. The van der Waals surface area contributed by atoms with Crippen molar-refractivity contribution in [3.8, 4) is 95.3 Å². The van der Waals surface area contributed by atoms with Crippen molar-refractivity contribution < 1.29 is 31.3 Å². The minimum atomic E-state index is -0.470. The number of nitrogens with zero attached hydrogens (tertiary/aromatic N) is 4. The predicted octanol–water partition coefficient (Wildman–Crippen LogP) is 17.7. The number of aromatic nitrogens is 2. The number of phenols is 2. The quantitative estimate of drug-likeness (QED) is 0.174. The Balaban J connectivity index is 0.00000596. The van der Waals surface area contributed by atoms with E-state index in [-0.39, 0.29) is 54.2 Å². The number of para-hydroxylation sites is 4. The normalized spacial score (nSPS) is 17.6. The van der Waals surface area contributed by atoms with E-state index in [1.54, 1.807) is 12.1 Å². The van der Waals surface area contributed by atoms with E-state index in [4.69, 9.17) is 9.98 Å². The van der Waals surface area contributed by atoms with Crippen molar-refractivity contribution in [1.82, 2.24) is 9.55 Å². The smallest absolute Gasteiger partial charge is 0.161 e. The van der Waals surface area contributed by atoms with E-state index in [1.807, 2.05) is 67.1 Å². The first-order valence-corrected chi connectivity index (χ1v) is 27.0. The van der Waals surface area contributed by atoms with E-state index >= 15 is 0 Å². The van der Waals surface area contributed by atoms with E-state index in [0.29, 0.717) is 0 Å². The molecule has 386 valence electrons. The van der Waals surface area contributed by atoms with Gasteiger partial charge in [0.15, 0.2) is 6.17 Å². The van der Waals surface area contributed by atoms with Crippen LogP contribution in [0.15, 0.2) is 181 Å². The van der Waals surface area contributed by atoms with Crippen molar-refractivity contribution in [2.75, 3.05) is 4.90 Å². The summed E-state index contributed by atoms with van der Waals surface area (Å²) in [6, 6.07) is 55.9. The average molecular weight is 1190 g/mol. The number of benzene rings is 8. The summed E-state index contributed by atoms with van der Waals surface area (Å²) in [6.07, 6.45) is 9.65. The number of rotatable bonds is 6. The largest absolute Gasteiger partial charge is 0.507 e. The summed E-state index contributed by atoms with van der Waals surface area (Å²) >= 11 is 0. The van der Waals surface area contributed by atoms with Gasteiger partial charge in [-0.15, -0.1) is 0 Å². The summed E-state index contributed by atoms with van der Waals surface area (Å²) in [6.45, 7) is 19.3.